The minimum Gasteiger partial charge on any atom is -0.477 e. The lowest BCUT2D eigenvalue weighted by atomic mass is 10.0. The molecule has 0 amide bonds. The molecular formula is C70H114NO8+. The average molecular weight is 1100 g/mol. The van der Waals surface area contributed by atoms with Crippen molar-refractivity contribution in [3.8, 4) is 0 Å². The Balaban J connectivity index is 4.09. The maximum Gasteiger partial charge on any atom is 0.361 e. The average Bonchev–Trinajstić information content (AvgIpc) is 3.42. The molecule has 0 fully saturated rings. The van der Waals surface area contributed by atoms with E-state index in [1.807, 2.05) is 21.1 Å². The van der Waals surface area contributed by atoms with E-state index in [1.165, 1.54) is 64.2 Å². The first-order chi connectivity index (χ1) is 38.6. The lowest BCUT2D eigenvalue weighted by Gasteiger charge is -2.25. The van der Waals surface area contributed by atoms with Crippen LogP contribution in [0.15, 0.2) is 146 Å². The van der Waals surface area contributed by atoms with Gasteiger partial charge in [-0.15, -0.1) is 0 Å². The fraction of sp³-hybridized carbons (Fsp3) is 0.614. The Bertz CT molecular complexity index is 1800. The standard InChI is InChI=1S/C70H113NO8/c1-6-8-10-12-14-16-18-20-21-22-23-24-25-26-27-28-29-30-31-32-33-34-35-36-37-38-39-40-41-42-43-44-45-46-47-49-51-53-55-57-59-61-68(73)79-66(65-78-70(69(74)75)76-63-62-71(3,4)5)64-77-67(72)60-58-56-54-52-50-48-19-17-15-13-11-9-7-2/h8-11,14-17,20-21,23-24,26-27,29-30,32-33,35-36,38-39,48,50,66,70H,6-7,12-13,18-19,22,25,28,31,34,37,40-47,49,51-65H2,1-5H3/p+1/b10-8-,11-9-,16-14-,17-15-,21-20-,24-23-,27-26-,30-29-,33-32-,36-35-,39-38-,50-48-. The largest absolute Gasteiger partial charge is 0.477 e. The Hall–Kier alpha value is -4.83. The number of carboxylic acid groups (broad SMARTS) is 1. The number of nitrogens with zero attached hydrogens (tertiary/aromatic N) is 1. The van der Waals surface area contributed by atoms with Gasteiger partial charge in [0.25, 0.3) is 6.29 Å². The summed E-state index contributed by atoms with van der Waals surface area (Å²) in [6.45, 7) is 4.59. The highest BCUT2D eigenvalue weighted by Crippen LogP contribution is 2.15. The third kappa shape index (κ3) is 60.7. The molecule has 0 spiro atoms. The van der Waals surface area contributed by atoms with Crippen molar-refractivity contribution in [2.45, 2.75) is 232 Å². The van der Waals surface area contributed by atoms with Crippen molar-refractivity contribution in [1.82, 2.24) is 0 Å². The second-order valence-electron chi connectivity index (χ2n) is 21.2. The van der Waals surface area contributed by atoms with Crippen LogP contribution in [0, 0.1) is 0 Å². The molecule has 0 bridgehead atoms. The number of hydrogen-bond acceptors (Lipinski definition) is 7. The molecular weight excluding hydrogens is 983 g/mol. The van der Waals surface area contributed by atoms with Gasteiger partial charge in [0.1, 0.15) is 13.2 Å². The molecule has 0 saturated heterocycles. The molecule has 0 aliphatic carbocycles. The minimum absolute atomic E-state index is 0.176. The van der Waals surface area contributed by atoms with Gasteiger partial charge in [0.2, 0.25) is 0 Å². The highest BCUT2D eigenvalue weighted by Gasteiger charge is 2.25. The molecule has 0 saturated carbocycles. The van der Waals surface area contributed by atoms with Crippen LogP contribution in [0.4, 0.5) is 0 Å². The lowest BCUT2D eigenvalue weighted by Crippen LogP contribution is -2.40. The second-order valence-corrected chi connectivity index (χ2v) is 21.2. The Morgan fingerprint density at radius 2 is 0.684 bits per heavy atom. The summed E-state index contributed by atoms with van der Waals surface area (Å²) >= 11 is 0. The number of quaternary nitrogens is 1. The third-order valence-electron chi connectivity index (χ3n) is 12.6. The van der Waals surface area contributed by atoms with Gasteiger partial charge in [-0.2, -0.15) is 0 Å². The SMILES string of the molecule is CC/C=C\C/C=C\C/C=C\C/C=C\C/C=C\C/C=C\C/C=C\C/C=C\C/C=C\CCCCCCCCCCCCCCCC(=O)OC(COC(=O)CCCCC/C=C\C/C=C\C/C=C\CC)COC(OCC[N+](C)(C)C)C(=O)O. The van der Waals surface area contributed by atoms with Crippen LogP contribution >= 0.6 is 0 Å². The van der Waals surface area contributed by atoms with E-state index in [9.17, 15) is 19.5 Å². The van der Waals surface area contributed by atoms with Crippen LogP contribution in [0.3, 0.4) is 0 Å². The molecule has 0 aromatic carbocycles. The van der Waals surface area contributed by atoms with E-state index in [1.54, 1.807) is 0 Å². The fourth-order valence-electron chi connectivity index (χ4n) is 7.90. The van der Waals surface area contributed by atoms with Crippen molar-refractivity contribution in [3.63, 3.8) is 0 Å². The molecule has 9 nitrogen and oxygen atoms in total. The molecule has 79 heavy (non-hydrogen) atoms. The van der Waals surface area contributed by atoms with Crippen LogP contribution < -0.4 is 0 Å². The van der Waals surface area contributed by atoms with Crippen LogP contribution in [0.2, 0.25) is 0 Å². The monoisotopic (exact) mass is 1100 g/mol. The Labute approximate surface area is 483 Å². The first kappa shape index (κ1) is 74.2. The molecule has 446 valence electrons. The summed E-state index contributed by atoms with van der Waals surface area (Å²) in [7, 11) is 5.95. The smallest absolute Gasteiger partial charge is 0.361 e. The van der Waals surface area contributed by atoms with Gasteiger partial charge < -0.3 is 28.5 Å². The predicted molar refractivity (Wildman–Crippen MR) is 336 cm³/mol. The molecule has 1 N–H and O–H groups in total. The molecule has 0 aromatic heterocycles. The zero-order chi connectivity index (χ0) is 57.6. The fourth-order valence-corrected chi connectivity index (χ4v) is 7.90. The van der Waals surface area contributed by atoms with Gasteiger partial charge in [-0.3, -0.25) is 9.59 Å². The molecule has 9 heteroatoms. The summed E-state index contributed by atoms with van der Waals surface area (Å²) in [5, 5.41) is 9.69. The Kier molecular flexibility index (Phi) is 55.7. The van der Waals surface area contributed by atoms with Crippen LogP contribution in [0.25, 0.3) is 0 Å². The van der Waals surface area contributed by atoms with Crippen molar-refractivity contribution in [1.29, 1.82) is 0 Å². The highest BCUT2D eigenvalue weighted by atomic mass is 16.7. The summed E-state index contributed by atoms with van der Waals surface area (Å²) in [4.78, 5) is 37.3. The summed E-state index contributed by atoms with van der Waals surface area (Å²) in [5.41, 5.74) is 0. The van der Waals surface area contributed by atoms with Gasteiger partial charge in [-0.25, -0.2) is 4.79 Å². The van der Waals surface area contributed by atoms with Crippen molar-refractivity contribution in [2.75, 3.05) is 47.5 Å². The van der Waals surface area contributed by atoms with E-state index in [0.29, 0.717) is 23.9 Å². The number of carboxylic acids is 1. The van der Waals surface area contributed by atoms with E-state index in [2.05, 4.69) is 160 Å². The van der Waals surface area contributed by atoms with Crippen molar-refractivity contribution in [2.24, 2.45) is 0 Å². The molecule has 0 aromatic rings. The summed E-state index contributed by atoms with van der Waals surface area (Å²) in [6.07, 6.45) is 83.9. The minimum atomic E-state index is -1.52. The van der Waals surface area contributed by atoms with E-state index >= 15 is 0 Å². The molecule has 0 rings (SSSR count). The van der Waals surface area contributed by atoms with Gasteiger partial charge >= 0.3 is 17.9 Å². The maximum absolute atomic E-state index is 12.9. The zero-order valence-corrected chi connectivity index (χ0v) is 50.7. The van der Waals surface area contributed by atoms with Gasteiger partial charge in [0.15, 0.2) is 6.10 Å². The van der Waals surface area contributed by atoms with E-state index in [4.69, 9.17) is 18.9 Å². The third-order valence-corrected chi connectivity index (χ3v) is 12.6. The van der Waals surface area contributed by atoms with E-state index in [-0.39, 0.29) is 38.6 Å². The number of esters is 2. The molecule has 0 heterocycles. The van der Waals surface area contributed by atoms with Crippen LogP contribution in [-0.2, 0) is 33.3 Å². The first-order valence-corrected chi connectivity index (χ1v) is 31.0. The zero-order valence-electron chi connectivity index (χ0n) is 50.7. The first-order valence-electron chi connectivity index (χ1n) is 31.0. The van der Waals surface area contributed by atoms with Gasteiger partial charge in [-0.05, 0) is 116 Å². The van der Waals surface area contributed by atoms with E-state index < -0.39 is 24.3 Å². The summed E-state index contributed by atoms with van der Waals surface area (Å²) in [6, 6.07) is 0. The number of allylic oxidation sites excluding steroid dienone is 24. The Morgan fingerprint density at radius 3 is 1.03 bits per heavy atom. The summed E-state index contributed by atoms with van der Waals surface area (Å²) in [5.74, 6) is -2.06. The van der Waals surface area contributed by atoms with Gasteiger partial charge in [-0.1, -0.05) is 237 Å². The topological polar surface area (TPSA) is 108 Å². The quantitative estimate of drug-likeness (QED) is 0.0211. The number of ether oxygens (including phenoxy) is 4. The number of carbonyl (C=O) groups excluding carboxylic acids is 2. The lowest BCUT2D eigenvalue weighted by molar-refractivity contribution is -0.870. The second kappa shape index (κ2) is 59.3. The number of hydrogen-bond donors (Lipinski definition) is 1. The Morgan fingerprint density at radius 1 is 0.380 bits per heavy atom. The van der Waals surface area contributed by atoms with Crippen LogP contribution in [-0.4, -0.2) is 87.4 Å². The number of likely N-dealkylation sites (N-methyl/N-ethyl adjacent to an activating group) is 1. The van der Waals surface area contributed by atoms with Gasteiger partial charge in [0, 0.05) is 12.8 Å². The normalized spacial score (nSPS) is 13.8. The van der Waals surface area contributed by atoms with E-state index in [0.717, 1.165) is 116 Å². The number of unbranched alkanes of at least 4 members (excludes halogenated alkanes) is 16. The highest BCUT2D eigenvalue weighted by molar-refractivity contribution is 5.71. The molecule has 0 radical (unpaired) electrons. The number of rotatable bonds is 55. The van der Waals surface area contributed by atoms with Crippen LogP contribution in [0.1, 0.15) is 219 Å². The van der Waals surface area contributed by atoms with Crippen molar-refractivity contribution >= 4 is 17.9 Å². The number of carbonyl (C=O) groups is 3. The molecule has 0 aliphatic heterocycles. The summed E-state index contributed by atoms with van der Waals surface area (Å²) < 4.78 is 22.8. The molecule has 2 atom stereocenters. The number of aliphatic carboxylic acids is 1. The predicted octanol–water partition coefficient (Wildman–Crippen LogP) is 18.8. The maximum atomic E-state index is 12.9. The van der Waals surface area contributed by atoms with Crippen molar-refractivity contribution < 1.29 is 42.9 Å². The molecule has 0 aliphatic rings. The van der Waals surface area contributed by atoms with Crippen molar-refractivity contribution in [3.05, 3.63) is 146 Å². The van der Waals surface area contributed by atoms with Crippen LogP contribution in [0.5, 0.6) is 0 Å². The van der Waals surface area contributed by atoms with Gasteiger partial charge in [0.05, 0.1) is 34.4 Å². The molecule has 2 unspecified atom stereocenters.